The van der Waals surface area contributed by atoms with E-state index in [9.17, 15) is 9.90 Å². The molecule has 1 unspecified atom stereocenters. The summed E-state index contributed by atoms with van der Waals surface area (Å²) in [5.74, 6) is 1.30. The standard InChI is InChI=1S/C18H19NO2S/c1-12(2)13-3-5-14(6-4-13)18-19(17(21)11-22-18)15-7-9-16(20)10-8-15/h3-10,12,18,20H,11H2,1-2H3. The van der Waals surface area contributed by atoms with E-state index in [1.807, 2.05) is 4.90 Å². The van der Waals surface area contributed by atoms with Crippen LogP contribution in [0.4, 0.5) is 5.69 Å². The predicted octanol–water partition coefficient (Wildman–Crippen LogP) is 4.29. The summed E-state index contributed by atoms with van der Waals surface area (Å²) in [6.07, 6.45) is 0. The SMILES string of the molecule is CC(C)c1ccc(C2SCC(=O)N2c2ccc(O)cc2)cc1. The molecule has 0 aromatic heterocycles. The van der Waals surface area contributed by atoms with Crippen molar-refractivity contribution in [2.75, 3.05) is 10.7 Å². The number of phenolic OH excluding ortho intramolecular Hbond substituents is 1. The van der Waals surface area contributed by atoms with E-state index in [1.54, 1.807) is 36.0 Å². The molecule has 114 valence electrons. The van der Waals surface area contributed by atoms with Crippen LogP contribution in [-0.4, -0.2) is 16.8 Å². The third kappa shape index (κ3) is 2.83. The van der Waals surface area contributed by atoms with Gasteiger partial charge in [-0.05, 0) is 41.3 Å². The number of carbonyl (C=O) groups excluding carboxylic acids is 1. The van der Waals surface area contributed by atoms with Gasteiger partial charge >= 0.3 is 0 Å². The Hall–Kier alpha value is -1.94. The first-order valence-electron chi connectivity index (χ1n) is 7.39. The van der Waals surface area contributed by atoms with Crippen LogP contribution in [0.2, 0.25) is 0 Å². The second-order valence-electron chi connectivity index (χ2n) is 5.76. The van der Waals surface area contributed by atoms with Gasteiger partial charge < -0.3 is 5.11 Å². The number of amides is 1. The van der Waals surface area contributed by atoms with E-state index < -0.39 is 0 Å². The van der Waals surface area contributed by atoms with Crippen LogP contribution in [0.15, 0.2) is 48.5 Å². The number of thioether (sulfide) groups is 1. The number of anilines is 1. The second-order valence-corrected chi connectivity index (χ2v) is 6.83. The van der Waals surface area contributed by atoms with Gasteiger partial charge in [0.2, 0.25) is 5.91 Å². The number of rotatable bonds is 3. The van der Waals surface area contributed by atoms with E-state index in [1.165, 1.54) is 5.56 Å². The molecule has 1 atom stereocenters. The van der Waals surface area contributed by atoms with Crippen LogP contribution in [0, 0.1) is 0 Å². The maximum absolute atomic E-state index is 12.3. The zero-order chi connectivity index (χ0) is 15.7. The van der Waals surface area contributed by atoms with E-state index in [0.29, 0.717) is 11.7 Å². The van der Waals surface area contributed by atoms with E-state index in [4.69, 9.17) is 0 Å². The topological polar surface area (TPSA) is 40.5 Å². The van der Waals surface area contributed by atoms with Crippen LogP contribution in [0.3, 0.4) is 0 Å². The quantitative estimate of drug-likeness (QED) is 0.918. The highest BCUT2D eigenvalue weighted by Gasteiger charge is 2.33. The van der Waals surface area contributed by atoms with Crippen molar-refractivity contribution in [3.8, 4) is 5.75 Å². The molecule has 1 aliphatic heterocycles. The zero-order valence-electron chi connectivity index (χ0n) is 12.7. The number of hydrogen-bond acceptors (Lipinski definition) is 3. The number of nitrogens with zero attached hydrogens (tertiary/aromatic N) is 1. The van der Waals surface area contributed by atoms with E-state index in [2.05, 4.69) is 38.1 Å². The Balaban J connectivity index is 1.91. The average molecular weight is 313 g/mol. The molecule has 0 saturated carbocycles. The minimum atomic E-state index is -0.00162. The average Bonchev–Trinajstić information content (AvgIpc) is 2.90. The van der Waals surface area contributed by atoms with Crippen LogP contribution in [0.5, 0.6) is 5.75 Å². The number of hydrogen-bond donors (Lipinski definition) is 1. The summed E-state index contributed by atoms with van der Waals surface area (Å²) >= 11 is 1.64. The van der Waals surface area contributed by atoms with Crippen molar-refractivity contribution in [3.05, 3.63) is 59.7 Å². The third-order valence-electron chi connectivity index (χ3n) is 3.88. The van der Waals surface area contributed by atoms with Crippen molar-refractivity contribution in [1.29, 1.82) is 0 Å². The molecule has 3 nitrogen and oxygen atoms in total. The lowest BCUT2D eigenvalue weighted by Crippen LogP contribution is -2.27. The molecule has 1 saturated heterocycles. The number of aromatic hydroxyl groups is 1. The number of carbonyl (C=O) groups is 1. The van der Waals surface area contributed by atoms with Gasteiger partial charge in [-0.25, -0.2) is 0 Å². The van der Waals surface area contributed by atoms with Gasteiger partial charge in [-0.2, -0.15) is 0 Å². The molecule has 4 heteroatoms. The lowest BCUT2D eigenvalue weighted by atomic mass is 10.0. The van der Waals surface area contributed by atoms with Crippen LogP contribution in [0.1, 0.15) is 36.3 Å². The fourth-order valence-electron chi connectivity index (χ4n) is 2.61. The predicted molar refractivity (Wildman–Crippen MR) is 91.3 cm³/mol. The molecule has 1 aliphatic rings. The van der Waals surface area contributed by atoms with Gasteiger partial charge in [-0.1, -0.05) is 38.1 Å². The highest BCUT2D eigenvalue weighted by atomic mass is 32.2. The first-order valence-corrected chi connectivity index (χ1v) is 8.43. The molecular weight excluding hydrogens is 294 g/mol. The molecule has 1 fully saturated rings. The largest absolute Gasteiger partial charge is 0.508 e. The van der Waals surface area contributed by atoms with Gasteiger partial charge in [0.05, 0.1) is 5.75 Å². The minimum absolute atomic E-state index is 0.00162. The van der Waals surface area contributed by atoms with Crippen molar-refractivity contribution in [3.63, 3.8) is 0 Å². The summed E-state index contributed by atoms with van der Waals surface area (Å²) in [6, 6.07) is 15.3. The molecule has 0 spiro atoms. The summed E-state index contributed by atoms with van der Waals surface area (Å²) in [4.78, 5) is 14.1. The number of phenols is 1. The molecule has 0 radical (unpaired) electrons. The first kappa shape index (κ1) is 15.0. The highest BCUT2D eigenvalue weighted by Crippen LogP contribution is 2.42. The third-order valence-corrected chi connectivity index (χ3v) is 5.10. The van der Waals surface area contributed by atoms with Crippen molar-refractivity contribution in [2.24, 2.45) is 0 Å². The molecule has 3 rings (SSSR count). The van der Waals surface area contributed by atoms with Crippen LogP contribution in [0.25, 0.3) is 0 Å². The van der Waals surface area contributed by atoms with Gasteiger partial charge in [0, 0.05) is 5.69 Å². The fourth-order valence-corrected chi connectivity index (χ4v) is 3.79. The molecule has 2 aromatic rings. The van der Waals surface area contributed by atoms with Crippen LogP contribution >= 0.6 is 11.8 Å². The lowest BCUT2D eigenvalue weighted by molar-refractivity contribution is -0.115. The Morgan fingerprint density at radius 2 is 1.73 bits per heavy atom. The molecule has 1 N–H and O–H groups in total. The molecule has 0 bridgehead atoms. The van der Waals surface area contributed by atoms with E-state index >= 15 is 0 Å². The van der Waals surface area contributed by atoms with Gasteiger partial charge in [0.25, 0.3) is 0 Å². The Morgan fingerprint density at radius 1 is 1.09 bits per heavy atom. The Kier molecular flexibility index (Phi) is 4.12. The molecule has 1 heterocycles. The zero-order valence-corrected chi connectivity index (χ0v) is 13.5. The molecule has 22 heavy (non-hydrogen) atoms. The van der Waals surface area contributed by atoms with Crippen LogP contribution < -0.4 is 4.90 Å². The Bertz CT molecular complexity index is 664. The molecular formula is C18H19NO2S. The molecule has 2 aromatic carbocycles. The normalized spacial score (nSPS) is 18.2. The first-order chi connectivity index (χ1) is 10.6. The van der Waals surface area contributed by atoms with Gasteiger partial charge in [0.15, 0.2) is 0 Å². The van der Waals surface area contributed by atoms with Crippen molar-refractivity contribution in [1.82, 2.24) is 0 Å². The van der Waals surface area contributed by atoms with Gasteiger partial charge in [0.1, 0.15) is 11.1 Å². The Morgan fingerprint density at radius 3 is 2.32 bits per heavy atom. The summed E-state index contributed by atoms with van der Waals surface area (Å²) in [5.41, 5.74) is 3.26. The van der Waals surface area contributed by atoms with Crippen molar-refractivity contribution >= 4 is 23.4 Å². The minimum Gasteiger partial charge on any atom is -0.508 e. The Labute approximate surface area is 135 Å². The monoisotopic (exact) mass is 313 g/mol. The van der Waals surface area contributed by atoms with E-state index in [0.717, 1.165) is 11.3 Å². The van der Waals surface area contributed by atoms with Crippen LogP contribution in [-0.2, 0) is 4.79 Å². The maximum atomic E-state index is 12.3. The number of benzene rings is 2. The van der Waals surface area contributed by atoms with Crippen molar-refractivity contribution in [2.45, 2.75) is 25.1 Å². The second kappa shape index (κ2) is 6.05. The van der Waals surface area contributed by atoms with Gasteiger partial charge in [-0.3, -0.25) is 9.69 Å². The van der Waals surface area contributed by atoms with E-state index in [-0.39, 0.29) is 17.0 Å². The summed E-state index contributed by atoms with van der Waals surface area (Å²) in [7, 11) is 0. The van der Waals surface area contributed by atoms with Crippen molar-refractivity contribution < 1.29 is 9.90 Å². The highest BCUT2D eigenvalue weighted by molar-refractivity contribution is 8.00. The smallest absolute Gasteiger partial charge is 0.238 e. The van der Waals surface area contributed by atoms with Gasteiger partial charge in [-0.15, -0.1) is 11.8 Å². The fraction of sp³-hybridized carbons (Fsp3) is 0.278. The summed E-state index contributed by atoms with van der Waals surface area (Å²) < 4.78 is 0. The lowest BCUT2D eigenvalue weighted by Gasteiger charge is -2.24. The molecule has 1 amide bonds. The summed E-state index contributed by atoms with van der Waals surface area (Å²) in [6.45, 7) is 4.34. The maximum Gasteiger partial charge on any atom is 0.238 e. The molecule has 0 aliphatic carbocycles. The summed E-state index contributed by atoms with van der Waals surface area (Å²) in [5, 5.41) is 9.42.